The molecule has 0 aromatic rings. The highest BCUT2D eigenvalue weighted by Crippen LogP contribution is 2.43. The predicted molar refractivity (Wildman–Crippen MR) is 49.4 cm³/mol. The number of nitrogens with two attached hydrogens (primary N) is 1. The summed E-state index contributed by atoms with van der Waals surface area (Å²) in [6, 6.07) is 0. The molecule has 1 aliphatic carbocycles. The van der Waals surface area contributed by atoms with Crippen LogP contribution in [0, 0.1) is 5.41 Å². The summed E-state index contributed by atoms with van der Waals surface area (Å²) in [7, 11) is 0. The monoisotopic (exact) mass is 153 g/mol. The van der Waals surface area contributed by atoms with Crippen LogP contribution < -0.4 is 5.73 Å². The van der Waals surface area contributed by atoms with Crippen molar-refractivity contribution < 1.29 is 0 Å². The Morgan fingerprint density at radius 2 is 2.36 bits per heavy atom. The van der Waals surface area contributed by atoms with Gasteiger partial charge in [-0.05, 0) is 44.1 Å². The summed E-state index contributed by atoms with van der Waals surface area (Å²) in [5.74, 6) is 0. The van der Waals surface area contributed by atoms with Gasteiger partial charge >= 0.3 is 0 Å². The normalized spacial score (nSPS) is 31.3. The first-order valence-electron chi connectivity index (χ1n) is 4.53. The van der Waals surface area contributed by atoms with E-state index in [2.05, 4.69) is 13.5 Å². The topological polar surface area (TPSA) is 26.0 Å². The second kappa shape index (κ2) is 3.40. The van der Waals surface area contributed by atoms with Crippen molar-refractivity contribution in [2.45, 2.75) is 39.0 Å². The van der Waals surface area contributed by atoms with Crippen molar-refractivity contribution in [3.05, 3.63) is 12.2 Å². The minimum Gasteiger partial charge on any atom is -0.330 e. The molecule has 1 atom stereocenters. The molecule has 0 amide bonds. The highest BCUT2D eigenvalue weighted by atomic mass is 14.5. The maximum absolute atomic E-state index is 5.48. The number of allylic oxidation sites excluding steroid dienone is 1. The average Bonchev–Trinajstić information content (AvgIpc) is 2.28. The molecule has 1 aliphatic rings. The molecule has 0 aromatic heterocycles. The quantitative estimate of drug-likeness (QED) is 0.619. The van der Waals surface area contributed by atoms with E-state index in [1.807, 2.05) is 0 Å². The van der Waals surface area contributed by atoms with Crippen molar-refractivity contribution in [2.75, 3.05) is 6.54 Å². The lowest BCUT2D eigenvalue weighted by Crippen LogP contribution is -2.13. The van der Waals surface area contributed by atoms with Gasteiger partial charge in [0, 0.05) is 0 Å². The molecular weight excluding hydrogens is 134 g/mol. The molecule has 1 fully saturated rings. The van der Waals surface area contributed by atoms with Gasteiger partial charge in [0.25, 0.3) is 0 Å². The standard InChI is InChI=1S/C10H19N/c1-9-4-6-10(2,8-9)5-3-7-11/h1,3-8,11H2,2H3. The van der Waals surface area contributed by atoms with Crippen LogP contribution in [-0.4, -0.2) is 6.54 Å². The Morgan fingerprint density at radius 1 is 1.64 bits per heavy atom. The summed E-state index contributed by atoms with van der Waals surface area (Å²) in [5, 5.41) is 0. The first-order chi connectivity index (χ1) is 5.16. The van der Waals surface area contributed by atoms with E-state index < -0.39 is 0 Å². The van der Waals surface area contributed by atoms with Crippen molar-refractivity contribution in [1.29, 1.82) is 0 Å². The van der Waals surface area contributed by atoms with E-state index in [9.17, 15) is 0 Å². The van der Waals surface area contributed by atoms with Crippen LogP contribution in [0.25, 0.3) is 0 Å². The minimum absolute atomic E-state index is 0.538. The Morgan fingerprint density at radius 3 is 2.82 bits per heavy atom. The van der Waals surface area contributed by atoms with Crippen LogP contribution in [0.2, 0.25) is 0 Å². The molecule has 0 bridgehead atoms. The molecule has 0 aliphatic heterocycles. The van der Waals surface area contributed by atoms with Crippen LogP contribution in [0.15, 0.2) is 12.2 Å². The third-order valence-corrected chi connectivity index (χ3v) is 2.74. The van der Waals surface area contributed by atoms with Crippen molar-refractivity contribution in [1.82, 2.24) is 0 Å². The number of hydrogen-bond acceptors (Lipinski definition) is 1. The Labute approximate surface area is 69.7 Å². The van der Waals surface area contributed by atoms with E-state index in [1.54, 1.807) is 0 Å². The fourth-order valence-electron chi connectivity index (χ4n) is 2.00. The van der Waals surface area contributed by atoms with Gasteiger partial charge < -0.3 is 5.73 Å². The zero-order valence-electron chi connectivity index (χ0n) is 7.53. The van der Waals surface area contributed by atoms with Gasteiger partial charge in [-0.25, -0.2) is 0 Å². The molecule has 1 saturated carbocycles. The second-order valence-corrected chi connectivity index (χ2v) is 4.13. The van der Waals surface area contributed by atoms with Gasteiger partial charge in [0.05, 0.1) is 0 Å². The Bertz CT molecular complexity index is 151. The van der Waals surface area contributed by atoms with Gasteiger partial charge in [-0.3, -0.25) is 0 Å². The molecule has 0 radical (unpaired) electrons. The fourth-order valence-corrected chi connectivity index (χ4v) is 2.00. The van der Waals surface area contributed by atoms with Gasteiger partial charge in [-0.1, -0.05) is 19.1 Å². The maximum Gasteiger partial charge on any atom is -0.00771 e. The third kappa shape index (κ3) is 2.33. The largest absolute Gasteiger partial charge is 0.330 e. The molecule has 0 aromatic carbocycles. The molecule has 0 heterocycles. The van der Waals surface area contributed by atoms with Crippen LogP contribution in [-0.2, 0) is 0 Å². The van der Waals surface area contributed by atoms with Crippen molar-refractivity contribution in [3.63, 3.8) is 0 Å². The molecule has 1 rings (SSSR count). The van der Waals surface area contributed by atoms with E-state index in [1.165, 1.54) is 37.7 Å². The van der Waals surface area contributed by atoms with Gasteiger partial charge in [-0.2, -0.15) is 0 Å². The Kier molecular flexibility index (Phi) is 2.72. The summed E-state index contributed by atoms with van der Waals surface area (Å²) in [5.41, 5.74) is 7.45. The predicted octanol–water partition coefficient (Wildman–Crippen LogP) is 2.47. The molecule has 2 N–H and O–H groups in total. The van der Waals surface area contributed by atoms with E-state index in [4.69, 9.17) is 5.73 Å². The average molecular weight is 153 g/mol. The first kappa shape index (κ1) is 8.79. The van der Waals surface area contributed by atoms with E-state index >= 15 is 0 Å². The van der Waals surface area contributed by atoms with Crippen LogP contribution in [0.5, 0.6) is 0 Å². The maximum atomic E-state index is 5.48. The highest BCUT2D eigenvalue weighted by Gasteiger charge is 2.29. The molecule has 1 heteroatoms. The van der Waals surface area contributed by atoms with Gasteiger partial charge in [0.15, 0.2) is 0 Å². The summed E-state index contributed by atoms with van der Waals surface area (Å²) in [6.07, 6.45) is 6.24. The molecular formula is C10H19N. The van der Waals surface area contributed by atoms with Gasteiger partial charge in [-0.15, -0.1) is 0 Å². The summed E-state index contributed by atoms with van der Waals surface area (Å²) < 4.78 is 0. The molecule has 0 spiro atoms. The fraction of sp³-hybridized carbons (Fsp3) is 0.800. The van der Waals surface area contributed by atoms with E-state index in [0.29, 0.717) is 5.41 Å². The highest BCUT2D eigenvalue weighted by molar-refractivity contribution is 5.06. The summed E-state index contributed by atoms with van der Waals surface area (Å²) in [6.45, 7) is 7.22. The van der Waals surface area contributed by atoms with Crippen LogP contribution in [0.4, 0.5) is 0 Å². The molecule has 0 saturated heterocycles. The second-order valence-electron chi connectivity index (χ2n) is 4.13. The molecule has 64 valence electrons. The van der Waals surface area contributed by atoms with Crippen LogP contribution in [0.1, 0.15) is 39.0 Å². The first-order valence-corrected chi connectivity index (χ1v) is 4.53. The Hall–Kier alpha value is -0.300. The molecule has 1 nitrogen and oxygen atoms in total. The van der Waals surface area contributed by atoms with Crippen LogP contribution >= 0.6 is 0 Å². The van der Waals surface area contributed by atoms with Crippen LogP contribution in [0.3, 0.4) is 0 Å². The molecule has 11 heavy (non-hydrogen) atoms. The van der Waals surface area contributed by atoms with Gasteiger partial charge in [0.1, 0.15) is 0 Å². The molecule has 1 unspecified atom stereocenters. The summed E-state index contributed by atoms with van der Waals surface area (Å²) in [4.78, 5) is 0. The minimum atomic E-state index is 0.538. The van der Waals surface area contributed by atoms with Crippen molar-refractivity contribution >= 4 is 0 Å². The number of hydrogen-bond donors (Lipinski definition) is 1. The van der Waals surface area contributed by atoms with Crippen molar-refractivity contribution in [2.24, 2.45) is 11.1 Å². The van der Waals surface area contributed by atoms with E-state index in [-0.39, 0.29) is 0 Å². The zero-order chi connectivity index (χ0) is 8.32. The lowest BCUT2D eigenvalue weighted by atomic mass is 9.84. The van der Waals surface area contributed by atoms with E-state index in [0.717, 1.165) is 6.54 Å². The van der Waals surface area contributed by atoms with Gasteiger partial charge in [0.2, 0.25) is 0 Å². The smallest absolute Gasteiger partial charge is 0.00771 e. The third-order valence-electron chi connectivity index (χ3n) is 2.74. The SMILES string of the molecule is C=C1CCC(C)(CCCN)C1. The number of rotatable bonds is 3. The lowest BCUT2D eigenvalue weighted by Gasteiger charge is -2.22. The lowest BCUT2D eigenvalue weighted by molar-refractivity contribution is 0.307. The van der Waals surface area contributed by atoms with Crippen molar-refractivity contribution in [3.8, 4) is 0 Å². The summed E-state index contributed by atoms with van der Waals surface area (Å²) >= 11 is 0. The zero-order valence-corrected chi connectivity index (χ0v) is 7.53. The Balaban J connectivity index is 2.35.